The van der Waals surface area contributed by atoms with Gasteiger partial charge in [0.05, 0.1) is 0 Å². The minimum atomic E-state index is -0.991. The Kier molecular flexibility index (Phi) is 7.09. The first kappa shape index (κ1) is 18.3. The van der Waals surface area contributed by atoms with Crippen molar-refractivity contribution in [3.63, 3.8) is 0 Å². The van der Waals surface area contributed by atoms with Gasteiger partial charge in [-0.25, -0.2) is 4.79 Å². The number of hydrogen-bond donors (Lipinski definition) is 2. The molecule has 1 aliphatic carbocycles. The van der Waals surface area contributed by atoms with Crippen molar-refractivity contribution in [3.8, 4) is 5.75 Å². The molecule has 2 rings (SSSR count). The largest absolute Gasteiger partial charge is 0.482 e. The van der Waals surface area contributed by atoms with E-state index in [-0.39, 0.29) is 18.4 Å². The molecule has 0 radical (unpaired) electrons. The first-order valence-corrected chi connectivity index (χ1v) is 8.79. The number of carboxylic acids is 1. The average Bonchev–Trinajstić information content (AvgIpc) is 2.61. The summed E-state index contributed by atoms with van der Waals surface area (Å²) in [5.41, 5.74) is 1.09. The summed E-state index contributed by atoms with van der Waals surface area (Å²) in [6.45, 7) is 2.51. The Morgan fingerprint density at radius 2 is 1.83 bits per heavy atom. The van der Waals surface area contributed by atoms with Gasteiger partial charge in [0, 0.05) is 12.5 Å². The topological polar surface area (TPSA) is 75.6 Å². The van der Waals surface area contributed by atoms with Crippen molar-refractivity contribution in [1.29, 1.82) is 0 Å². The van der Waals surface area contributed by atoms with E-state index >= 15 is 0 Å². The predicted octanol–water partition coefficient (Wildman–Crippen LogP) is 3.03. The molecule has 24 heavy (non-hydrogen) atoms. The van der Waals surface area contributed by atoms with Crippen LogP contribution in [0.15, 0.2) is 24.3 Å². The van der Waals surface area contributed by atoms with Gasteiger partial charge in [0.15, 0.2) is 6.61 Å². The number of aliphatic carboxylic acids is 1. The molecule has 132 valence electrons. The van der Waals surface area contributed by atoms with Gasteiger partial charge in [0.25, 0.3) is 0 Å². The van der Waals surface area contributed by atoms with Crippen LogP contribution in [0.25, 0.3) is 0 Å². The van der Waals surface area contributed by atoms with Crippen LogP contribution in [-0.2, 0) is 16.0 Å². The Balaban J connectivity index is 1.68. The lowest BCUT2D eigenvalue weighted by Crippen LogP contribution is -2.34. The Morgan fingerprint density at radius 3 is 2.42 bits per heavy atom. The highest BCUT2D eigenvalue weighted by Gasteiger charge is 2.24. The summed E-state index contributed by atoms with van der Waals surface area (Å²) in [6, 6.07) is 7.31. The molecule has 0 saturated heterocycles. The summed E-state index contributed by atoms with van der Waals surface area (Å²) in [7, 11) is 0. The van der Waals surface area contributed by atoms with Gasteiger partial charge in [-0.1, -0.05) is 25.5 Å². The summed E-state index contributed by atoms with van der Waals surface area (Å²) in [5.74, 6) is 0.717. The van der Waals surface area contributed by atoms with Crippen LogP contribution in [0.1, 0.15) is 44.6 Å². The third kappa shape index (κ3) is 5.87. The fourth-order valence-electron chi connectivity index (χ4n) is 3.20. The molecule has 0 unspecified atom stereocenters. The molecule has 5 nitrogen and oxygen atoms in total. The standard InChI is InChI=1S/C19H27NO4/c1-2-14-3-7-16(8-4-14)19(23)20-12-11-15-5-9-17(10-6-15)24-13-18(21)22/h5-6,9-10,14,16H,2-4,7-8,11-13H2,1H3,(H,20,23)(H,21,22). The molecule has 1 aromatic carbocycles. The van der Waals surface area contributed by atoms with E-state index in [9.17, 15) is 9.59 Å². The van der Waals surface area contributed by atoms with Crippen molar-refractivity contribution in [2.75, 3.05) is 13.2 Å². The van der Waals surface area contributed by atoms with Crippen LogP contribution in [0, 0.1) is 11.8 Å². The van der Waals surface area contributed by atoms with E-state index in [0.29, 0.717) is 12.3 Å². The molecule has 0 spiro atoms. The van der Waals surface area contributed by atoms with Gasteiger partial charge in [-0.05, 0) is 55.7 Å². The molecule has 5 heteroatoms. The maximum absolute atomic E-state index is 12.2. The van der Waals surface area contributed by atoms with Gasteiger partial charge >= 0.3 is 5.97 Å². The normalized spacial score (nSPS) is 20.4. The molecule has 0 aliphatic heterocycles. The lowest BCUT2D eigenvalue weighted by Gasteiger charge is -2.26. The van der Waals surface area contributed by atoms with E-state index in [0.717, 1.165) is 30.7 Å². The third-order valence-corrected chi connectivity index (χ3v) is 4.79. The minimum Gasteiger partial charge on any atom is -0.482 e. The maximum Gasteiger partial charge on any atom is 0.341 e. The van der Waals surface area contributed by atoms with Crippen molar-refractivity contribution < 1.29 is 19.4 Å². The van der Waals surface area contributed by atoms with Crippen LogP contribution in [0.4, 0.5) is 0 Å². The van der Waals surface area contributed by atoms with Crippen molar-refractivity contribution in [3.05, 3.63) is 29.8 Å². The van der Waals surface area contributed by atoms with Crippen molar-refractivity contribution in [1.82, 2.24) is 5.32 Å². The summed E-state index contributed by atoms with van der Waals surface area (Å²) < 4.78 is 5.09. The fourth-order valence-corrected chi connectivity index (χ4v) is 3.20. The molecular formula is C19H27NO4. The fraction of sp³-hybridized carbons (Fsp3) is 0.579. The van der Waals surface area contributed by atoms with Gasteiger partial charge in [0.2, 0.25) is 5.91 Å². The monoisotopic (exact) mass is 333 g/mol. The Bertz CT molecular complexity index is 533. The highest BCUT2D eigenvalue weighted by atomic mass is 16.5. The number of hydrogen-bond acceptors (Lipinski definition) is 3. The highest BCUT2D eigenvalue weighted by Crippen LogP contribution is 2.30. The van der Waals surface area contributed by atoms with Crippen LogP contribution in [-0.4, -0.2) is 30.1 Å². The summed E-state index contributed by atoms with van der Waals surface area (Å²) >= 11 is 0. The second-order valence-corrected chi connectivity index (χ2v) is 6.49. The smallest absolute Gasteiger partial charge is 0.341 e. The molecule has 1 amide bonds. The predicted molar refractivity (Wildman–Crippen MR) is 92.0 cm³/mol. The third-order valence-electron chi connectivity index (χ3n) is 4.79. The molecule has 1 aliphatic rings. The van der Waals surface area contributed by atoms with Gasteiger partial charge in [0.1, 0.15) is 5.75 Å². The molecule has 2 N–H and O–H groups in total. The maximum atomic E-state index is 12.2. The van der Waals surface area contributed by atoms with E-state index < -0.39 is 5.97 Å². The average molecular weight is 333 g/mol. The number of amides is 1. The molecule has 0 atom stereocenters. The van der Waals surface area contributed by atoms with E-state index in [1.54, 1.807) is 12.1 Å². The molecule has 0 heterocycles. The first-order chi connectivity index (χ1) is 11.6. The zero-order valence-corrected chi connectivity index (χ0v) is 14.3. The number of carboxylic acid groups (broad SMARTS) is 1. The quantitative estimate of drug-likeness (QED) is 0.767. The number of nitrogens with one attached hydrogen (secondary N) is 1. The van der Waals surface area contributed by atoms with Gasteiger partial charge in [-0.15, -0.1) is 0 Å². The van der Waals surface area contributed by atoms with E-state index in [2.05, 4.69) is 12.2 Å². The first-order valence-electron chi connectivity index (χ1n) is 8.79. The Labute approximate surface area is 143 Å². The molecule has 0 aromatic heterocycles. The number of ether oxygens (including phenoxy) is 1. The second-order valence-electron chi connectivity index (χ2n) is 6.49. The zero-order valence-electron chi connectivity index (χ0n) is 14.3. The van der Waals surface area contributed by atoms with Crippen LogP contribution >= 0.6 is 0 Å². The summed E-state index contributed by atoms with van der Waals surface area (Å²) in [6.07, 6.45) is 6.36. The van der Waals surface area contributed by atoms with Crippen molar-refractivity contribution in [2.45, 2.75) is 45.4 Å². The van der Waals surface area contributed by atoms with Gasteiger partial charge < -0.3 is 15.2 Å². The molecule has 1 saturated carbocycles. The summed E-state index contributed by atoms with van der Waals surface area (Å²) in [4.78, 5) is 22.6. The van der Waals surface area contributed by atoms with E-state index in [1.165, 1.54) is 19.3 Å². The number of benzene rings is 1. The highest BCUT2D eigenvalue weighted by molar-refractivity contribution is 5.78. The minimum absolute atomic E-state index is 0.180. The summed E-state index contributed by atoms with van der Waals surface area (Å²) in [5, 5.41) is 11.6. The van der Waals surface area contributed by atoms with Crippen LogP contribution in [0.5, 0.6) is 5.75 Å². The molecular weight excluding hydrogens is 306 g/mol. The Morgan fingerprint density at radius 1 is 1.17 bits per heavy atom. The number of rotatable bonds is 8. The Hall–Kier alpha value is -2.04. The lowest BCUT2D eigenvalue weighted by atomic mass is 9.80. The second kappa shape index (κ2) is 9.30. The van der Waals surface area contributed by atoms with Crippen molar-refractivity contribution in [2.24, 2.45) is 11.8 Å². The molecule has 1 aromatic rings. The SMILES string of the molecule is CCC1CCC(C(=O)NCCc2ccc(OCC(=O)O)cc2)CC1. The molecule has 1 fully saturated rings. The number of carbonyl (C=O) groups excluding carboxylic acids is 1. The molecule has 0 bridgehead atoms. The van der Waals surface area contributed by atoms with E-state index in [4.69, 9.17) is 9.84 Å². The van der Waals surface area contributed by atoms with Gasteiger partial charge in [-0.3, -0.25) is 4.79 Å². The zero-order chi connectivity index (χ0) is 17.4. The van der Waals surface area contributed by atoms with Crippen LogP contribution in [0.2, 0.25) is 0 Å². The van der Waals surface area contributed by atoms with Crippen molar-refractivity contribution >= 4 is 11.9 Å². The van der Waals surface area contributed by atoms with E-state index in [1.807, 2.05) is 12.1 Å². The van der Waals surface area contributed by atoms with Crippen LogP contribution in [0.3, 0.4) is 0 Å². The van der Waals surface area contributed by atoms with Gasteiger partial charge in [-0.2, -0.15) is 0 Å². The lowest BCUT2D eigenvalue weighted by molar-refractivity contribution is -0.139. The van der Waals surface area contributed by atoms with Crippen LogP contribution < -0.4 is 10.1 Å². The number of carbonyl (C=O) groups is 2.